The number of anilines is 1. The molecule has 0 amide bonds. The van der Waals surface area contributed by atoms with Gasteiger partial charge in [0.15, 0.2) is 0 Å². The molecule has 0 radical (unpaired) electrons. The summed E-state index contributed by atoms with van der Waals surface area (Å²) in [5, 5.41) is 0. The third kappa shape index (κ3) is 2.72. The van der Waals surface area contributed by atoms with Crippen LogP contribution in [0.25, 0.3) is 0 Å². The second-order valence-corrected chi connectivity index (χ2v) is 3.79. The van der Waals surface area contributed by atoms with Gasteiger partial charge in [-0.3, -0.25) is 0 Å². The van der Waals surface area contributed by atoms with E-state index in [4.69, 9.17) is 5.73 Å². The topological polar surface area (TPSA) is 47.1 Å². The molecule has 0 bridgehead atoms. The smallest absolute Gasteiger partial charge is 0.205 e. The molecule has 4 heteroatoms. The van der Waals surface area contributed by atoms with Gasteiger partial charge in [0, 0.05) is 38.6 Å². The second-order valence-electron chi connectivity index (χ2n) is 3.79. The normalized spacial score (nSPS) is 11.0. The second kappa shape index (κ2) is 5.75. The van der Waals surface area contributed by atoms with Gasteiger partial charge < -0.3 is 15.2 Å². The maximum atomic E-state index is 5.65. The molecule has 15 heavy (non-hydrogen) atoms. The molecule has 0 saturated heterocycles. The zero-order valence-electron chi connectivity index (χ0n) is 9.98. The molecule has 0 aliphatic heterocycles. The predicted octanol–water partition coefficient (Wildman–Crippen LogP) is 1.37. The van der Waals surface area contributed by atoms with Crippen LogP contribution < -0.4 is 10.6 Å². The van der Waals surface area contributed by atoms with Gasteiger partial charge in [0.2, 0.25) is 5.95 Å². The molecule has 1 heterocycles. The van der Waals surface area contributed by atoms with Crippen LogP contribution in [-0.4, -0.2) is 28.7 Å². The lowest BCUT2D eigenvalue weighted by Gasteiger charge is -2.31. The van der Waals surface area contributed by atoms with E-state index >= 15 is 0 Å². The monoisotopic (exact) mass is 210 g/mol. The van der Waals surface area contributed by atoms with Crippen LogP contribution in [0.3, 0.4) is 0 Å². The van der Waals surface area contributed by atoms with Crippen molar-refractivity contribution in [1.29, 1.82) is 0 Å². The Kier molecular flexibility index (Phi) is 4.62. The number of nitrogens with two attached hydrogens (primary N) is 1. The summed E-state index contributed by atoms with van der Waals surface area (Å²) in [6.45, 7) is 5.96. The summed E-state index contributed by atoms with van der Waals surface area (Å²) < 4.78 is 2.05. The zero-order chi connectivity index (χ0) is 11.3. The lowest BCUT2D eigenvalue weighted by Crippen LogP contribution is -2.39. The summed E-state index contributed by atoms with van der Waals surface area (Å²) >= 11 is 0. The number of hydrogen-bond acceptors (Lipinski definition) is 3. The van der Waals surface area contributed by atoms with E-state index in [-0.39, 0.29) is 0 Å². The van der Waals surface area contributed by atoms with E-state index in [0.717, 1.165) is 25.3 Å². The van der Waals surface area contributed by atoms with E-state index < -0.39 is 0 Å². The maximum absolute atomic E-state index is 5.65. The molecule has 0 fully saturated rings. The fourth-order valence-electron chi connectivity index (χ4n) is 1.95. The third-order valence-electron chi connectivity index (χ3n) is 2.81. The number of aryl methyl sites for hydroxylation is 1. The Bertz CT molecular complexity index is 278. The first-order chi connectivity index (χ1) is 7.24. The van der Waals surface area contributed by atoms with E-state index in [1.165, 1.54) is 0 Å². The molecule has 0 unspecified atom stereocenters. The summed E-state index contributed by atoms with van der Waals surface area (Å²) in [7, 11) is 2.02. The predicted molar refractivity (Wildman–Crippen MR) is 64.0 cm³/mol. The first-order valence-corrected chi connectivity index (χ1v) is 5.68. The van der Waals surface area contributed by atoms with E-state index in [0.29, 0.717) is 12.6 Å². The first-order valence-electron chi connectivity index (χ1n) is 5.68. The van der Waals surface area contributed by atoms with Crippen LogP contribution in [0, 0.1) is 0 Å². The fraction of sp³-hybridized carbons (Fsp3) is 0.727. The van der Waals surface area contributed by atoms with Crippen LogP contribution >= 0.6 is 0 Å². The van der Waals surface area contributed by atoms with Crippen molar-refractivity contribution in [2.24, 2.45) is 12.8 Å². The highest BCUT2D eigenvalue weighted by molar-refractivity contribution is 5.32. The van der Waals surface area contributed by atoms with E-state index in [2.05, 4.69) is 23.7 Å². The Morgan fingerprint density at radius 3 is 2.53 bits per heavy atom. The fourth-order valence-corrected chi connectivity index (χ4v) is 1.95. The molecule has 0 saturated carbocycles. The summed E-state index contributed by atoms with van der Waals surface area (Å²) in [6.07, 6.45) is 6.06. The molecule has 0 aliphatic carbocycles. The van der Waals surface area contributed by atoms with Crippen LogP contribution in [0.4, 0.5) is 5.95 Å². The van der Waals surface area contributed by atoms with Crippen molar-refractivity contribution in [2.75, 3.05) is 18.0 Å². The van der Waals surface area contributed by atoms with Crippen LogP contribution in [0.2, 0.25) is 0 Å². The minimum absolute atomic E-state index is 0.537. The van der Waals surface area contributed by atoms with Crippen LogP contribution in [0.1, 0.15) is 26.7 Å². The van der Waals surface area contributed by atoms with E-state index in [1.807, 2.05) is 24.0 Å². The van der Waals surface area contributed by atoms with Gasteiger partial charge in [0.1, 0.15) is 0 Å². The minimum atomic E-state index is 0.537. The van der Waals surface area contributed by atoms with Gasteiger partial charge in [0.25, 0.3) is 0 Å². The molecule has 0 aliphatic rings. The molecule has 4 nitrogen and oxygen atoms in total. The Hall–Kier alpha value is -1.03. The summed E-state index contributed by atoms with van der Waals surface area (Å²) in [4.78, 5) is 6.69. The highest BCUT2D eigenvalue weighted by atomic mass is 15.3. The number of imidazole rings is 1. The Labute approximate surface area is 92.1 Å². The van der Waals surface area contributed by atoms with Crippen molar-refractivity contribution in [1.82, 2.24) is 9.55 Å². The van der Waals surface area contributed by atoms with Gasteiger partial charge in [-0.1, -0.05) is 13.8 Å². The van der Waals surface area contributed by atoms with Crippen LogP contribution in [-0.2, 0) is 7.05 Å². The summed E-state index contributed by atoms with van der Waals surface area (Å²) in [6, 6.07) is 0.537. The Balaban J connectivity index is 2.86. The van der Waals surface area contributed by atoms with E-state index in [9.17, 15) is 0 Å². The number of aromatic nitrogens is 2. The van der Waals surface area contributed by atoms with Crippen molar-refractivity contribution in [3.8, 4) is 0 Å². The maximum Gasteiger partial charge on any atom is 0.205 e. The average molecular weight is 210 g/mol. The number of hydrogen-bond donors (Lipinski definition) is 1. The van der Waals surface area contributed by atoms with Gasteiger partial charge in [-0.05, 0) is 12.8 Å². The van der Waals surface area contributed by atoms with Crippen molar-refractivity contribution >= 4 is 5.95 Å². The van der Waals surface area contributed by atoms with Crippen molar-refractivity contribution < 1.29 is 0 Å². The highest BCUT2D eigenvalue weighted by Gasteiger charge is 2.17. The standard InChI is InChI=1S/C11H22N4/c1-4-10(5-2)15(8-6-12)11-13-7-9-14(11)3/h7,9-10H,4-6,8,12H2,1-3H3. The van der Waals surface area contributed by atoms with Crippen molar-refractivity contribution in [3.63, 3.8) is 0 Å². The van der Waals surface area contributed by atoms with Gasteiger partial charge in [-0.25, -0.2) is 4.98 Å². The Morgan fingerprint density at radius 1 is 1.47 bits per heavy atom. The summed E-state index contributed by atoms with van der Waals surface area (Å²) in [5.41, 5.74) is 5.65. The first kappa shape index (κ1) is 12.0. The lowest BCUT2D eigenvalue weighted by atomic mass is 10.1. The molecule has 0 spiro atoms. The molecule has 1 rings (SSSR count). The quantitative estimate of drug-likeness (QED) is 0.771. The number of nitrogens with zero attached hydrogens (tertiary/aromatic N) is 3. The van der Waals surface area contributed by atoms with Crippen molar-refractivity contribution in [2.45, 2.75) is 32.7 Å². The largest absolute Gasteiger partial charge is 0.338 e. The molecular formula is C11H22N4. The highest BCUT2D eigenvalue weighted by Crippen LogP contribution is 2.17. The van der Waals surface area contributed by atoms with Crippen molar-refractivity contribution in [3.05, 3.63) is 12.4 Å². The average Bonchev–Trinajstić information content (AvgIpc) is 2.65. The zero-order valence-corrected chi connectivity index (χ0v) is 9.98. The molecule has 0 aromatic carbocycles. The molecule has 1 aromatic rings. The molecule has 2 N–H and O–H groups in total. The molecule has 1 aromatic heterocycles. The van der Waals surface area contributed by atoms with Gasteiger partial charge in [-0.2, -0.15) is 0 Å². The third-order valence-corrected chi connectivity index (χ3v) is 2.81. The van der Waals surface area contributed by atoms with Crippen LogP contribution in [0.15, 0.2) is 12.4 Å². The molecule has 86 valence electrons. The molecule has 0 atom stereocenters. The molecular weight excluding hydrogens is 188 g/mol. The van der Waals surface area contributed by atoms with Gasteiger partial charge in [0.05, 0.1) is 0 Å². The van der Waals surface area contributed by atoms with Gasteiger partial charge >= 0.3 is 0 Å². The number of rotatable bonds is 6. The SMILES string of the molecule is CCC(CC)N(CCN)c1nccn1C. The van der Waals surface area contributed by atoms with E-state index in [1.54, 1.807) is 0 Å². The lowest BCUT2D eigenvalue weighted by molar-refractivity contribution is 0.542. The summed E-state index contributed by atoms with van der Waals surface area (Å²) in [5.74, 6) is 1.02. The van der Waals surface area contributed by atoms with Gasteiger partial charge in [-0.15, -0.1) is 0 Å². The Morgan fingerprint density at radius 2 is 2.13 bits per heavy atom. The van der Waals surface area contributed by atoms with Crippen LogP contribution in [0.5, 0.6) is 0 Å². The minimum Gasteiger partial charge on any atom is -0.338 e.